The third-order valence-corrected chi connectivity index (χ3v) is 11.7. The Morgan fingerprint density at radius 2 is 1.26 bits per heavy atom. The molecule has 58 heavy (non-hydrogen) atoms. The Balaban J connectivity index is 1.16. The van der Waals surface area contributed by atoms with Crippen molar-refractivity contribution >= 4 is 78.1 Å². The molecule has 6 nitrogen and oxygen atoms in total. The number of aliphatic imine (C=N–C) groups is 2. The molecule has 0 radical (unpaired) electrons. The average molecular weight is 749 g/mol. The van der Waals surface area contributed by atoms with Crippen molar-refractivity contribution in [1.29, 1.82) is 0 Å². The summed E-state index contributed by atoms with van der Waals surface area (Å²) < 4.78 is 6.96. The molecule has 0 spiro atoms. The van der Waals surface area contributed by atoms with Gasteiger partial charge < -0.3 is 14.9 Å². The minimum atomic E-state index is 0.362. The molecule has 0 amide bonds. The third-order valence-electron chi connectivity index (χ3n) is 11.7. The van der Waals surface area contributed by atoms with Crippen molar-refractivity contribution < 1.29 is 0 Å². The van der Waals surface area contributed by atoms with Crippen LogP contribution in [0, 0.1) is 0 Å². The summed E-state index contributed by atoms with van der Waals surface area (Å²) in [6.45, 7) is 4.34. The number of amidine groups is 1. The van der Waals surface area contributed by atoms with Crippen molar-refractivity contribution in [3.63, 3.8) is 0 Å². The Labute approximate surface area is 336 Å². The number of para-hydroxylation sites is 3. The van der Waals surface area contributed by atoms with Gasteiger partial charge in [-0.1, -0.05) is 122 Å². The van der Waals surface area contributed by atoms with Crippen LogP contribution >= 0.6 is 0 Å². The maximum absolute atomic E-state index is 7.27. The number of allylic oxidation sites excluding steroid dienone is 3. The Hall–Kier alpha value is -7.44. The zero-order valence-corrected chi connectivity index (χ0v) is 32.0. The van der Waals surface area contributed by atoms with E-state index in [1.54, 1.807) is 0 Å². The largest absolute Gasteiger partial charge is 0.369 e. The highest BCUT2D eigenvalue weighted by Gasteiger charge is 2.25. The molecule has 11 rings (SSSR count). The van der Waals surface area contributed by atoms with Gasteiger partial charge in [0.1, 0.15) is 0 Å². The number of hydrogen-bond donors (Lipinski definition) is 1. The summed E-state index contributed by atoms with van der Waals surface area (Å²) in [5, 5.41) is 5.91. The lowest BCUT2D eigenvalue weighted by molar-refractivity contribution is 0.968. The molecule has 2 aliphatic carbocycles. The molecule has 3 heterocycles. The van der Waals surface area contributed by atoms with Crippen LogP contribution in [0.3, 0.4) is 0 Å². The molecular weight excluding hydrogens is 709 g/mol. The number of fused-ring (bicyclic) bond motifs is 10. The lowest BCUT2D eigenvalue weighted by Crippen LogP contribution is -2.24. The van der Waals surface area contributed by atoms with Crippen LogP contribution in [0.1, 0.15) is 36.1 Å². The van der Waals surface area contributed by atoms with Gasteiger partial charge in [-0.15, -0.1) is 0 Å². The number of nitrogens with two attached hydrogens (primary N) is 1. The monoisotopic (exact) mass is 748 g/mol. The maximum Gasteiger partial charge on any atom is 0.207 e. The number of nitrogens with zero attached hydrogens (tertiary/aromatic N) is 5. The fourth-order valence-corrected chi connectivity index (χ4v) is 9.16. The smallest absolute Gasteiger partial charge is 0.207 e. The number of aromatic nitrogens is 3. The second kappa shape index (κ2) is 13.6. The molecular formula is C52H40N6. The lowest BCUT2D eigenvalue weighted by atomic mass is 9.99. The molecule has 6 heteroatoms. The molecule has 0 fully saturated rings. The first-order valence-corrected chi connectivity index (χ1v) is 20.0. The highest BCUT2D eigenvalue weighted by atomic mass is 15.2. The Kier molecular flexibility index (Phi) is 7.96. The van der Waals surface area contributed by atoms with E-state index in [-0.39, 0.29) is 0 Å². The maximum atomic E-state index is 7.27. The van der Waals surface area contributed by atoms with Gasteiger partial charge in [0.05, 0.1) is 33.3 Å². The van der Waals surface area contributed by atoms with Crippen molar-refractivity contribution in [2.75, 3.05) is 0 Å². The van der Waals surface area contributed by atoms with Crippen LogP contribution in [0.4, 0.5) is 0 Å². The van der Waals surface area contributed by atoms with E-state index in [0.717, 1.165) is 75.5 Å². The van der Waals surface area contributed by atoms with Crippen LogP contribution < -0.4 is 5.73 Å². The predicted octanol–water partition coefficient (Wildman–Crippen LogP) is 12.3. The zero-order chi connectivity index (χ0) is 38.7. The molecule has 0 saturated heterocycles. The van der Waals surface area contributed by atoms with E-state index < -0.39 is 0 Å². The van der Waals surface area contributed by atoms with Crippen LogP contribution in [-0.2, 0) is 6.42 Å². The van der Waals surface area contributed by atoms with E-state index in [9.17, 15) is 0 Å². The van der Waals surface area contributed by atoms with E-state index in [2.05, 4.69) is 160 Å². The zero-order valence-electron chi connectivity index (χ0n) is 32.0. The molecule has 6 aromatic carbocycles. The van der Waals surface area contributed by atoms with Gasteiger partial charge in [-0.2, -0.15) is 4.99 Å². The van der Waals surface area contributed by atoms with Gasteiger partial charge in [-0.05, 0) is 91.4 Å². The number of aryl methyl sites for hydroxylation is 1. The summed E-state index contributed by atoms with van der Waals surface area (Å²) in [4.78, 5) is 10.2. The molecule has 278 valence electrons. The lowest BCUT2D eigenvalue weighted by Gasteiger charge is -2.13. The Morgan fingerprint density at radius 3 is 2.05 bits per heavy atom. The van der Waals surface area contributed by atoms with E-state index in [1.807, 2.05) is 30.3 Å². The fraction of sp³-hybridized carbons (Fsp3) is 0.0769. The van der Waals surface area contributed by atoms with Crippen LogP contribution in [0.15, 0.2) is 186 Å². The molecule has 0 atom stereocenters. The van der Waals surface area contributed by atoms with Crippen molar-refractivity contribution in [2.24, 2.45) is 15.7 Å². The van der Waals surface area contributed by atoms with Crippen LogP contribution in [0.2, 0.25) is 0 Å². The standard InChI is InChI=1S/C52H40N6/c1-34(35-17-5-2-6-18-35)54-51(36-19-7-3-8-20-36)55-52(53)58-45-27-15-11-23-39(45)41-30-32-48-49(50(41)58)42-25-13-16-28-46(42)57(48)38-29-31-47-43(33-38)40-24-12-14-26-44(40)56(47)37-21-9-4-10-22-37/h2,4-7,9-12,14-24,26-33H,1,3,8,13,25H2,(H2,53,54,55). The molecule has 0 saturated carbocycles. The number of benzene rings is 6. The molecule has 2 N–H and O–H groups in total. The van der Waals surface area contributed by atoms with Gasteiger partial charge in [0.15, 0.2) is 5.84 Å². The Bertz CT molecular complexity index is 3290. The summed E-state index contributed by atoms with van der Waals surface area (Å²) in [5.41, 5.74) is 20.1. The summed E-state index contributed by atoms with van der Waals surface area (Å²) >= 11 is 0. The van der Waals surface area contributed by atoms with Crippen molar-refractivity contribution in [3.8, 4) is 11.4 Å². The normalized spacial score (nSPS) is 14.6. The van der Waals surface area contributed by atoms with Gasteiger partial charge in [0.25, 0.3) is 0 Å². The summed E-state index contributed by atoms with van der Waals surface area (Å²) in [7, 11) is 0. The first-order valence-electron chi connectivity index (χ1n) is 20.0. The Morgan fingerprint density at radius 1 is 0.569 bits per heavy atom. The molecule has 3 aromatic heterocycles. The van der Waals surface area contributed by atoms with Gasteiger partial charge in [0, 0.05) is 49.6 Å². The van der Waals surface area contributed by atoms with Crippen LogP contribution in [0.25, 0.3) is 77.7 Å². The topological polar surface area (TPSA) is 65.5 Å². The highest BCUT2D eigenvalue weighted by Crippen LogP contribution is 2.42. The van der Waals surface area contributed by atoms with Crippen molar-refractivity contribution in [3.05, 3.63) is 193 Å². The second-order valence-electron chi connectivity index (χ2n) is 15.1. The number of rotatable bonds is 5. The van der Waals surface area contributed by atoms with E-state index in [4.69, 9.17) is 15.7 Å². The molecule has 9 aromatic rings. The van der Waals surface area contributed by atoms with Crippen LogP contribution in [-0.4, -0.2) is 25.5 Å². The minimum Gasteiger partial charge on any atom is -0.369 e. The molecule has 2 aliphatic rings. The van der Waals surface area contributed by atoms with Gasteiger partial charge in [0.2, 0.25) is 5.96 Å². The molecule has 0 bridgehead atoms. The summed E-state index contributed by atoms with van der Waals surface area (Å²) in [6.07, 6.45) is 14.8. The first kappa shape index (κ1) is 33.9. The molecule has 0 aliphatic heterocycles. The average Bonchev–Trinajstić information content (AvgIpc) is 3.92. The van der Waals surface area contributed by atoms with Crippen molar-refractivity contribution in [2.45, 2.75) is 25.7 Å². The van der Waals surface area contributed by atoms with E-state index in [1.165, 1.54) is 38.4 Å². The number of hydrogen-bond acceptors (Lipinski definition) is 1. The fourth-order valence-electron chi connectivity index (χ4n) is 9.16. The van der Waals surface area contributed by atoms with E-state index >= 15 is 0 Å². The first-order chi connectivity index (χ1) is 28.6. The molecule has 0 unspecified atom stereocenters. The van der Waals surface area contributed by atoms with Crippen LogP contribution in [0.5, 0.6) is 0 Å². The van der Waals surface area contributed by atoms with Gasteiger partial charge >= 0.3 is 0 Å². The van der Waals surface area contributed by atoms with E-state index in [0.29, 0.717) is 17.5 Å². The van der Waals surface area contributed by atoms with Gasteiger partial charge in [-0.3, -0.25) is 4.57 Å². The quantitative estimate of drug-likeness (QED) is 0.138. The third kappa shape index (κ3) is 5.33. The van der Waals surface area contributed by atoms with Crippen molar-refractivity contribution in [1.82, 2.24) is 13.7 Å². The SMILES string of the molecule is C=C(N=C(N=C(N)n1c2ccccc2c2ccc3c(c4c(n3-c3ccc5c(c3)c3ccccc3n5-c3ccccc3)C=CCC4)c21)C1=CCCC=C1)c1ccccc1. The van der Waals surface area contributed by atoms with Gasteiger partial charge in [-0.25, -0.2) is 4.99 Å². The second-order valence-corrected chi connectivity index (χ2v) is 15.1. The predicted molar refractivity (Wildman–Crippen MR) is 244 cm³/mol. The highest BCUT2D eigenvalue weighted by molar-refractivity contribution is 6.24. The summed E-state index contributed by atoms with van der Waals surface area (Å²) in [6, 6.07) is 49.3. The summed E-state index contributed by atoms with van der Waals surface area (Å²) in [5.74, 6) is 0.909. The minimum absolute atomic E-state index is 0.362.